The van der Waals surface area contributed by atoms with Crippen molar-refractivity contribution >= 4 is 40.5 Å². The fourth-order valence-corrected chi connectivity index (χ4v) is 3.80. The fourth-order valence-electron chi connectivity index (χ4n) is 3.59. The van der Waals surface area contributed by atoms with Gasteiger partial charge in [-0.25, -0.2) is 9.78 Å². The molecule has 1 N–H and O–H groups in total. The minimum Gasteiger partial charge on any atom is -0.497 e. The van der Waals surface area contributed by atoms with Crippen molar-refractivity contribution in [2.24, 2.45) is 0 Å². The largest absolute Gasteiger partial charge is 0.497 e. The molecule has 31 heavy (non-hydrogen) atoms. The molecule has 8 heteroatoms. The molecule has 0 saturated carbocycles. The van der Waals surface area contributed by atoms with Crippen LogP contribution in [0.5, 0.6) is 11.5 Å². The van der Waals surface area contributed by atoms with Gasteiger partial charge in [-0.05, 0) is 36.2 Å². The van der Waals surface area contributed by atoms with Crippen LogP contribution in [0.1, 0.15) is 5.56 Å². The third kappa shape index (κ3) is 4.09. The van der Waals surface area contributed by atoms with Crippen molar-refractivity contribution in [3.63, 3.8) is 0 Å². The number of urea groups is 1. The number of ether oxygens (including phenoxy) is 2. The number of carbonyl (C=O) groups excluding carboxylic acids is 1. The number of amides is 2. The summed E-state index contributed by atoms with van der Waals surface area (Å²) in [6.07, 6.45) is 2.62. The van der Waals surface area contributed by atoms with Gasteiger partial charge in [-0.2, -0.15) is 0 Å². The van der Waals surface area contributed by atoms with Gasteiger partial charge < -0.3 is 19.7 Å². The molecule has 0 radical (unpaired) electrons. The van der Waals surface area contributed by atoms with E-state index in [1.165, 1.54) is 17.6 Å². The number of aromatic nitrogens is 1. The summed E-state index contributed by atoms with van der Waals surface area (Å²) in [5, 5.41) is 3.23. The van der Waals surface area contributed by atoms with Crippen molar-refractivity contribution in [2.45, 2.75) is 6.42 Å². The highest BCUT2D eigenvalue weighted by Crippen LogP contribution is 2.37. The number of nitrogens with zero attached hydrogens (tertiary/aromatic N) is 3. The molecule has 0 aliphatic carbocycles. The number of para-hydroxylation sites is 1. The molecule has 4 rings (SSSR count). The standard InChI is InChI=1S/C23H23ClN4O3/c1-27(23(29)26-22-18(24)5-4-6-20(22)31-3)16-9-11-25-21(13-16)28-12-10-15-7-8-17(30-2)14-19(15)28/h4-9,11,13-14H,10,12H2,1-3H3,(H,26,29). The van der Waals surface area contributed by atoms with Crippen LogP contribution < -0.4 is 24.6 Å². The fraction of sp³-hybridized carbons (Fsp3) is 0.217. The number of pyridine rings is 1. The van der Waals surface area contributed by atoms with Crippen LogP contribution in [0.3, 0.4) is 0 Å². The number of methoxy groups -OCH3 is 2. The first-order valence-corrected chi connectivity index (χ1v) is 10.2. The van der Waals surface area contributed by atoms with Crippen LogP contribution in [0.4, 0.5) is 27.7 Å². The number of carbonyl (C=O) groups is 1. The molecule has 0 bridgehead atoms. The third-order valence-electron chi connectivity index (χ3n) is 5.31. The number of hydrogen-bond acceptors (Lipinski definition) is 5. The maximum atomic E-state index is 12.9. The molecule has 1 aromatic heterocycles. The summed E-state index contributed by atoms with van der Waals surface area (Å²) in [6.45, 7) is 0.811. The molecule has 1 aliphatic heterocycles. The highest BCUT2D eigenvalue weighted by molar-refractivity contribution is 6.34. The van der Waals surface area contributed by atoms with E-state index in [-0.39, 0.29) is 6.03 Å². The number of fused-ring (bicyclic) bond motifs is 1. The first-order chi connectivity index (χ1) is 15.0. The van der Waals surface area contributed by atoms with Gasteiger partial charge in [-0.3, -0.25) is 4.90 Å². The Morgan fingerprint density at radius 2 is 2.00 bits per heavy atom. The van der Waals surface area contributed by atoms with Crippen LogP contribution >= 0.6 is 11.6 Å². The quantitative estimate of drug-likeness (QED) is 0.599. The number of nitrogens with one attached hydrogen (secondary N) is 1. The normalized spacial score (nSPS) is 12.3. The Hall–Kier alpha value is -3.45. The van der Waals surface area contributed by atoms with E-state index in [0.717, 1.165) is 30.2 Å². The number of hydrogen-bond donors (Lipinski definition) is 1. The van der Waals surface area contributed by atoms with Crippen molar-refractivity contribution in [1.29, 1.82) is 0 Å². The minimum absolute atomic E-state index is 0.341. The summed E-state index contributed by atoms with van der Waals surface area (Å²) in [4.78, 5) is 21.1. The summed E-state index contributed by atoms with van der Waals surface area (Å²) in [6, 6.07) is 14.6. The molecule has 3 aromatic rings. The predicted molar refractivity (Wildman–Crippen MR) is 123 cm³/mol. The number of benzene rings is 2. The molecule has 0 unspecified atom stereocenters. The molecule has 0 atom stereocenters. The van der Waals surface area contributed by atoms with E-state index in [4.69, 9.17) is 21.1 Å². The first kappa shape index (κ1) is 20.8. The summed E-state index contributed by atoms with van der Waals surface area (Å²) in [7, 11) is 4.88. The van der Waals surface area contributed by atoms with Crippen LogP contribution in [0.2, 0.25) is 5.02 Å². The van der Waals surface area contributed by atoms with Crippen LogP contribution in [0, 0.1) is 0 Å². The van der Waals surface area contributed by atoms with Crippen LogP contribution in [-0.4, -0.2) is 38.8 Å². The second kappa shape index (κ2) is 8.73. The van der Waals surface area contributed by atoms with E-state index in [9.17, 15) is 4.79 Å². The molecular formula is C23H23ClN4O3. The van der Waals surface area contributed by atoms with Gasteiger partial charge >= 0.3 is 6.03 Å². The maximum Gasteiger partial charge on any atom is 0.326 e. The van der Waals surface area contributed by atoms with Gasteiger partial charge in [0, 0.05) is 37.6 Å². The average molecular weight is 439 g/mol. The molecule has 0 spiro atoms. The van der Waals surface area contributed by atoms with E-state index < -0.39 is 0 Å². The van der Waals surface area contributed by atoms with E-state index >= 15 is 0 Å². The molecule has 2 aromatic carbocycles. The molecule has 0 fully saturated rings. The highest BCUT2D eigenvalue weighted by atomic mass is 35.5. The zero-order valence-corrected chi connectivity index (χ0v) is 18.3. The summed E-state index contributed by atoms with van der Waals surface area (Å²) >= 11 is 6.25. The van der Waals surface area contributed by atoms with Crippen molar-refractivity contribution in [3.8, 4) is 11.5 Å². The van der Waals surface area contributed by atoms with E-state index in [1.54, 1.807) is 44.6 Å². The monoisotopic (exact) mass is 438 g/mol. The Bertz CT molecular complexity index is 1120. The van der Waals surface area contributed by atoms with E-state index in [2.05, 4.69) is 21.3 Å². The molecule has 2 amide bonds. The second-order valence-corrected chi connectivity index (χ2v) is 7.48. The van der Waals surface area contributed by atoms with Crippen molar-refractivity contribution < 1.29 is 14.3 Å². The summed E-state index contributed by atoms with van der Waals surface area (Å²) < 4.78 is 10.7. The zero-order chi connectivity index (χ0) is 22.0. The van der Waals surface area contributed by atoms with Crippen molar-refractivity contribution in [3.05, 3.63) is 65.3 Å². The predicted octanol–water partition coefficient (Wildman–Crippen LogP) is 5.11. The Morgan fingerprint density at radius 1 is 1.16 bits per heavy atom. The number of rotatable bonds is 5. The average Bonchev–Trinajstić information content (AvgIpc) is 3.23. The van der Waals surface area contributed by atoms with Crippen molar-refractivity contribution in [2.75, 3.05) is 42.9 Å². The van der Waals surface area contributed by atoms with Crippen LogP contribution in [0.25, 0.3) is 0 Å². The molecule has 7 nitrogen and oxygen atoms in total. The lowest BCUT2D eigenvalue weighted by molar-refractivity contribution is 0.258. The smallest absolute Gasteiger partial charge is 0.326 e. The lowest BCUT2D eigenvalue weighted by Crippen LogP contribution is -2.31. The SMILES string of the molecule is COc1ccc2c(c1)N(c1cc(N(C)C(=O)Nc3c(Cl)cccc3OC)ccn1)CC2. The van der Waals surface area contributed by atoms with Crippen LogP contribution in [-0.2, 0) is 6.42 Å². The van der Waals surface area contributed by atoms with Gasteiger partial charge in [-0.15, -0.1) is 0 Å². The topological polar surface area (TPSA) is 66.9 Å². The van der Waals surface area contributed by atoms with Gasteiger partial charge in [0.2, 0.25) is 0 Å². The third-order valence-corrected chi connectivity index (χ3v) is 5.63. The van der Waals surface area contributed by atoms with Gasteiger partial charge in [0.1, 0.15) is 23.0 Å². The molecular weight excluding hydrogens is 416 g/mol. The lowest BCUT2D eigenvalue weighted by atomic mass is 10.1. The highest BCUT2D eigenvalue weighted by Gasteiger charge is 2.23. The van der Waals surface area contributed by atoms with Gasteiger partial charge in [0.15, 0.2) is 0 Å². The Balaban J connectivity index is 1.58. The van der Waals surface area contributed by atoms with Crippen molar-refractivity contribution in [1.82, 2.24) is 4.98 Å². The van der Waals surface area contributed by atoms with Gasteiger partial charge in [-0.1, -0.05) is 23.7 Å². The van der Waals surface area contributed by atoms with E-state index in [0.29, 0.717) is 22.1 Å². The minimum atomic E-state index is -0.341. The Labute approximate surface area is 186 Å². The molecule has 160 valence electrons. The second-order valence-electron chi connectivity index (χ2n) is 7.07. The molecule has 0 saturated heterocycles. The lowest BCUT2D eigenvalue weighted by Gasteiger charge is -2.23. The zero-order valence-electron chi connectivity index (χ0n) is 17.6. The Kier molecular flexibility index (Phi) is 5.86. The van der Waals surface area contributed by atoms with E-state index in [1.807, 2.05) is 18.2 Å². The van der Waals surface area contributed by atoms with Gasteiger partial charge in [0.25, 0.3) is 0 Å². The maximum absolute atomic E-state index is 12.9. The number of halogens is 1. The first-order valence-electron chi connectivity index (χ1n) is 9.79. The summed E-state index contributed by atoms with van der Waals surface area (Å²) in [5.41, 5.74) is 3.44. The van der Waals surface area contributed by atoms with Crippen LogP contribution in [0.15, 0.2) is 54.7 Å². The number of anilines is 4. The Morgan fingerprint density at radius 3 is 2.77 bits per heavy atom. The molecule has 2 heterocycles. The summed E-state index contributed by atoms with van der Waals surface area (Å²) in [5.74, 6) is 2.05. The van der Waals surface area contributed by atoms with Gasteiger partial charge in [0.05, 0.1) is 24.9 Å². The molecule has 1 aliphatic rings.